The maximum Gasteiger partial charge on any atom is 0.187 e. The van der Waals surface area contributed by atoms with Crippen molar-refractivity contribution in [3.63, 3.8) is 0 Å². The van der Waals surface area contributed by atoms with Gasteiger partial charge in [-0.2, -0.15) is 11.8 Å². The van der Waals surface area contributed by atoms with Gasteiger partial charge in [0.25, 0.3) is 0 Å². The molecule has 4 aliphatic rings. The van der Waals surface area contributed by atoms with Gasteiger partial charge in [0.2, 0.25) is 0 Å². The molecule has 20 atom stereocenters. The fourth-order valence-electron chi connectivity index (χ4n) is 8.64. The van der Waals surface area contributed by atoms with E-state index in [1.54, 1.807) is 11.8 Å². The summed E-state index contributed by atoms with van der Waals surface area (Å²) in [6, 6.07) is 0. The van der Waals surface area contributed by atoms with Gasteiger partial charge in [-0.1, -0.05) is 103 Å². The first-order chi connectivity index (χ1) is 31.8. The second kappa shape index (κ2) is 31.1. The Morgan fingerprint density at radius 1 is 0.364 bits per heavy atom. The molecule has 0 unspecified atom stereocenters. The van der Waals surface area contributed by atoms with Crippen LogP contribution in [0.15, 0.2) is 0 Å². The molecule has 4 fully saturated rings. The Balaban J connectivity index is 1.15. The average Bonchev–Trinajstić information content (AvgIpc) is 3.31. The van der Waals surface area contributed by atoms with Crippen molar-refractivity contribution in [3.8, 4) is 0 Å². The molecule has 0 saturated carbocycles. The number of hydrogen-bond donors (Lipinski definition) is 13. The summed E-state index contributed by atoms with van der Waals surface area (Å²) < 4.78 is 44.9. The SMILES string of the molecule is CCCCCCCCCCCCCCCCCCSCCO[C@H]1O[C@@H](CO)[C@H](O[C@@H]2O[C@H](CO)[C@@H](O[C@@H]3O[C@H](CO[C@@H]4O[C@H](CO)[C@@H](O)[C@@H](O)[C@@H]4O)[C@@H](O)[C@H](O)[C@@H]3O)[C@H](O)[C@@H]2O)[C@@H](O)[C@@H]1O. The minimum Gasteiger partial charge on any atom is -0.394 e. The lowest BCUT2D eigenvalue weighted by Gasteiger charge is -2.48. The maximum absolute atomic E-state index is 11.2. The molecule has 0 aliphatic carbocycles. The molecule has 390 valence electrons. The molecule has 4 heterocycles. The fraction of sp³-hybridized carbons (Fsp3) is 1.00. The highest BCUT2D eigenvalue weighted by Gasteiger charge is 2.54. The summed E-state index contributed by atoms with van der Waals surface area (Å²) in [5, 5.41) is 136. The molecule has 4 rings (SSSR count). The summed E-state index contributed by atoms with van der Waals surface area (Å²) in [5.74, 6) is 1.56. The topological polar surface area (TPSA) is 337 Å². The summed E-state index contributed by atoms with van der Waals surface area (Å²) >= 11 is 1.70. The molecule has 0 aromatic carbocycles. The molecule has 0 radical (unpaired) electrons. The van der Waals surface area contributed by atoms with Crippen molar-refractivity contribution in [2.45, 2.75) is 232 Å². The molecule has 21 nitrogen and oxygen atoms in total. The van der Waals surface area contributed by atoms with E-state index < -0.39 is 149 Å². The van der Waals surface area contributed by atoms with E-state index in [4.69, 9.17) is 37.9 Å². The minimum atomic E-state index is -1.98. The Bertz CT molecular complexity index is 1260. The van der Waals surface area contributed by atoms with E-state index in [1.807, 2.05) is 0 Å². The van der Waals surface area contributed by atoms with Crippen LogP contribution in [0.2, 0.25) is 0 Å². The first-order valence-electron chi connectivity index (χ1n) is 24.2. The van der Waals surface area contributed by atoms with Crippen molar-refractivity contribution >= 4 is 11.8 Å². The molecule has 0 amide bonds. The maximum atomic E-state index is 11.2. The van der Waals surface area contributed by atoms with Gasteiger partial charge in [-0.3, -0.25) is 0 Å². The highest BCUT2D eigenvalue weighted by atomic mass is 32.2. The molecule has 0 spiro atoms. The predicted molar refractivity (Wildman–Crippen MR) is 234 cm³/mol. The molecule has 66 heavy (non-hydrogen) atoms. The van der Waals surface area contributed by atoms with E-state index in [0.717, 1.165) is 18.6 Å². The molecular formula is C44H82O21S. The number of thioether (sulfide) groups is 1. The van der Waals surface area contributed by atoms with E-state index >= 15 is 0 Å². The second-order valence-electron chi connectivity index (χ2n) is 17.9. The third kappa shape index (κ3) is 17.1. The molecule has 4 aliphatic heterocycles. The van der Waals surface area contributed by atoms with E-state index in [2.05, 4.69) is 6.92 Å². The van der Waals surface area contributed by atoms with Crippen LogP contribution in [0.1, 0.15) is 110 Å². The zero-order valence-electron chi connectivity index (χ0n) is 38.3. The third-order valence-corrected chi connectivity index (χ3v) is 13.9. The Morgan fingerprint density at radius 3 is 1.21 bits per heavy atom. The van der Waals surface area contributed by atoms with Gasteiger partial charge in [-0.05, 0) is 12.2 Å². The normalized spacial score (nSPS) is 39.9. The fourth-order valence-corrected chi connectivity index (χ4v) is 9.47. The summed E-state index contributed by atoms with van der Waals surface area (Å²) in [6.07, 6.45) is -12.9. The zero-order chi connectivity index (χ0) is 48.2. The van der Waals surface area contributed by atoms with Crippen molar-refractivity contribution in [2.24, 2.45) is 0 Å². The molecule has 22 heteroatoms. The van der Waals surface area contributed by atoms with Crippen LogP contribution in [-0.4, -0.2) is 234 Å². The smallest absolute Gasteiger partial charge is 0.187 e. The Kier molecular flexibility index (Phi) is 27.3. The molecule has 0 aromatic heterocycles. The van der Waals surface area contributed by atoms with Gasteiger partial charge < -0.3 is 104 Å². The number of aliphatic hydroxyl groups is 13. The van der Waals surface area contributed by atoms with Gasteiger partial charge in [-0.15, -0.1) is 0 Å². The van der Waals surface area contributed by atoms with E-state index in [9.17, 15) is 66.4 Å². The van der Waals surface area contributed by atoms with E-state index in [0.29, 0.717) is 5.75 Å². The molecule has 0 aromatic rings. The first-order valence-corrected chi connectivity index (χ1v) is 25.3. The van der Waals surface area contributed by atoms with E-state index in [1.165, 1.54) is 89.9 Å². The Morgan fingerprint density at radius 2 is 0.727 bits per heavy atom. The van der Waals surface area contributed by atoms with Crippen LogP contribution in [0.5, 0.6) is 0 Å². The lowest BCUT2D eigenvalue weighted by atomic mass is 9.96. The van der Waals surface area contributed by atoms with Gasteiger partial charge in [0.05, 0.1) is 33.0 Å². The largest absolute Gasteiger partial charge is 0.394 e. The lowest BCUT2D eigenvalue weighted by Crippen LogP contribution is -2.66. The Labute approximate surface area is 392 Å². The minimum absolute atomic E-state index is 0.194. The molecule has 4 saturated heterocycles. The average molecular weight is 979 g/mol. The van der Waals surface area contributed by atoms with E-state index in [-0.39, 0.29) is 6.61 Å². The van der Waals surface area contributed by atoms with Crippen LogP contribution in [-0.2, 0) is 37.9 Å². The van der Waals surface area contributed by atoms with Crippen molar-refractivity contribution in [1.82, 2.24) is 0 Å². The monoisotopic (exact) mass is 979 g/mol. The Hall–Kier alpha value is -0.490. The predicted octanol–water partition coefficient (Wildman–Crippen LogP) is -1.73. The van der Waals surface area contributed by atoms with Crippen LogP contribution in [0.3, 0.4) is 0 Å². The molecule has 0 bridgehead atoms. The third-order valence-electron chi connectivity index (χ3n) is 12.8. The number of rotatable bonds is 31. The van der Waals surface area contributed by atoms with Crippen molar-refractivity contribution in [3.05, 3.63) is 0 Å². The number of aliphatic hydroxyl groups excluding tert-OH is 13. The van der Waals surface area contributed by atoms with Crippen LogP contribution in [0.25, 0.3) is 0 Å². The number of hydrogen-bond acceptors (Lipinski definition) is 22. The number of ether oxygens (including phenoxy) is 8. The highest BCUT2D eigenvalue weighted by Crippen LogP contribution is 2.33. The standard InChI is InChI=1S/C44H82O21S/c1-2-3-4-5-6-7-8-9-10-11-12-13-14-15-16-17-19-66-20-18-58-41-37(56)33(52)39(26(22-46)61-41)65-44-38(57)34(53)40(27(23-47)62-44)64-43-36(55)32(51)30(49)28(63-43)24-59-42-35(54)31(50)29(48)25(21-45)60-42/h25-57H,2-24H2,1H3/t25-,26+,27-,28-,29-,30-,31-,32+,33+,34-,35+,36+,37+,38+,39+,40-,41+,42-,43+,44+/m1/s1. The summed E-state index contributed by atoms with van der Waals surface area (Å²) in [7, 11) is 0. The van der Waals surface area contributed by atoms with Crippen molar-refractivity contribution in [2.75, 3.05) is 44.5 Å². The van der Waals surface area contributed by atoms with Crippen molar-refractivity contribution < 1.29 is 104 Å². The molecular weight excluding hydrogens is 897 g/mol. The second-order valence-corrected chi connectivity index (χ2v) is 19.2. The van der Waals surface area contributed by atoms with Gasteiger partial charge in [0, 0.05) is 5.75 Å². The van der Waals surface area contributed by atoms with Crippen molar-refractivity contribution in [1.29, 1.82) is 0 Å². The van der Waals surface area contributed by atoms with Crippen LogP contribution < -0.4 is 0 Å². The summed E-state index contributed by atoms with van der Waals surface area (Å²) in [6.45, 7) is -0.560. The molecule has 13 N–H and O–H groups in total. The van der Waals surface area contributed by atoms with Crippen LogP contribution >= 0.6 is 11.8 Å². The van der Waals surface area contributed by atoms with Crippen LogP contribution in [0.4, 0.5) is 0 Å². The summed E-state index contributed by atoms with van der Waals surface area (Å²) in [5.41, 5.74) is 0. The quantitative estimate of drug-likeness (QED) is 0.0343. The van der Waals surface area contributed by atoms with Crippen LogP contribution in [0, 0.1) is 0 Å². The first kappa shape index (κ1) is 58.1. The van der Waals surface area contributed by atoms with Gasteiger partial charge in [-0.25, -0.2) is 0 Å². The van der Waals surface area contributed by atoms with Gasteiger partial charge >= 0.3 is 0 Å². The zero-order valence-corrected chi connectivity index (χ0v) is 39.1. The van der Waals surface area contributed by atoms with Gasteiger partial charge in [0.1, 0.15) is 97.7 Å². The lowest BCUT2D eigenvalue weighted by molar-refractivity contribution is -0.381. The number of unbranched alkanes of at least 4 members (excludes halogenated alkanes) is 15. The highest BCUT2D eigenvalue weighted by molar-refractivity contribution is 7.99. The summed E-state index contributed by atoms with van der Waals surface area (Å²) in [4.78, 5) is 0. The van der Waals surface area contributed by atoms with Gasteiger partial charge in [0.15, 0.2) is 25.2 Å².